The molecule has 5 atom stereocenters. The second-order valence-corrected chi connectivity index (χ2v) is 5.82. The standard InChI is InChI=1S/C14H17N3O5S/c1-23-14-12(22-13(20)8-5-3-2-4-6-8)10(16-17-15)11(19)9(7-18)21-14/h2-6,9-12,14,18-19H,7H2,1H3/t9?,10?,11-,12-,14+/m1/s1. The maximum Gasteiger partial charge on any atom is 0.338 e. The van der Waals surface area contributed by atoms with Crippen molar-refractivity contribution in [3.8, 4) is 0 Å². The van der Waals surface area contributed by atoms with Crippen molar-refractivity contribution in [1.82, 2.24) is 0 Å². The molecule has 0 bridgehead atoms. The number of hydrogen-bond acceptors (Lipinski definition) is 7. The van der Waals surface area contributed by atoms with Crippen LogP contribution in [0.25, 0.3) is 10.4 Å². The van der Waals surface area contributed by atoms with Crippen LogP contribution in [0.3, 0.4) is 0 Å². The van der Waals surface area contributed by atoms with Crippen molar-refractivity contribution in [3.63, 3.8) is 0 Å². The Bertz CT molecular complexity index is 581. The maximum atomic E-state index is 12.2. The van der Waals surface area contributed by atoms with Crippen LogP contribution in [-0.2, 0) is 9.47 Å². The zero-order valence-corrected chi connectivity index (χ0v) is 13.2. The smallest absolute Gasteiger partial charge is 0.338 e. The number of aliphatic hydroxyl groups excluding tert-OH is 2. The molecule has 1 aromatic rings. The summed E-state index contributed by atoms with van der Waals surface area (Å²) in [6.45, 7) is -0.435. The first-order valence-electron chi connectivity index (χ1n) is 6.89. The second kappa shape index (κ2) is 8.19. The molecule has 1 fully saturated rings. The molecule has 2 rings (SSSR count). The van der Waals surface area contributed by atoms with Gasteiger partial charge in [-0.3, -0.25) is 0 Å². The third-order valence-electron chi connectivity index (χ3n) is 3.49. The predicted molar refractivity (Wildman–Crippen MR) is 83.8 cm³/mol. The molecule has 1 saturated heterocycles. The van der Waals surface area contributed by atoms with Crippen LogP contribution in [0.2, 0.25) is 0 Å². The summed E-state index contributed by atoms with van der Waals surface area (Å²) in [5.74, 6) is -0.606. The Hall–Kier alpha value is -1.77. The largest absolute Gasteiger partial charge is 0.455 e. The SMILES string of the molecule is CS[C@@H]1OC(CO)[C@@H](O)C(N=[N+]=[N-])[C@H]1OC(=O)c1ccccc1. The lowest BCUT2D eigenvalue weighted by Gasteiger charge is -2.41. The lowest BCUT2D eigenvalue weighted by atomic mass is 9.98. The molecule has 2 unspecified atom stereocenters. The highest BCUT2D eigenvalue weighted by Crippen LogP contribution is 2.31. The molecule has 0 amide bonds. The fraction of sp³-hybridized carbons (Fsp3) is 0.500. The summed E-state index contributed by atoms with van der Waals surface area (Å²) in [6, 6.07) is 7.30. The quantitative estimate of drug-likeness (QED) is 0.361. The first kappa shape index (κ1) is 17.6. The monoisotopic (exact) mass is 339 g/mol. The number of esters is 1. The lowest BCUT2D eigenvalue weighted by Crippen LogP contribution is -2.58. The van der Waals surface area contributed by atoms with Crippen molar-refractivity contribution < 1.29 is 24.5 Å². The van der Waals surface area contributed by atoms with Gasteiger partial charge in [-0.15, -0.1) is 11.8 Å². The van der Waals surface area contributed by atoms with Gasteiger partial charge >= 0.3 is 5.97 Å². The number of rotatable bonds is 5. The van der Waals surface area contributed by atoms with E-state index in [2.05, 4.69) is 10.0 Å². The number of thioether (sulfide) groups is 1. The summed E-state index contributed by atoms with van der Waals surface area (Å²) in [7, 11) is 0. The molecule has 8 nitrogen and oxygen atoms in total. The number of aliphatic hydroxyl groups is 2. The Balaban J connectivity index is 2.24. The first-order chi connectivity index (χ1) is 11.1. The van der Waals surface area contributed by atoms with Crippen molar-refractivity contribution in [3.05, 3.63) is 46.3 Å². The van der Waals surface area contributed by atoms with Crippen LogP contribution in [0.15, 0.2) is 35.4 Å². The minimum Gasteiger partial charge on any atom is -0.455 e. The summed E-state index contributed by atoms with van der Waals surface area (Å²) in [5.41, 5.74) is 8.39. The van der Waals surface area contributed by atoms with Crippen LogP contribution < -0.4 is 0 Å². The fourth-order valence-electron chi connectivity index (χ4n) is 2.33. The van der Waals surface area contributed by atoms with Gasteiger partial charge in [-0.25, -0.2) is 4.79 Å². The average Bonchev–Trinajstić information content (AvgIpc) is 2.59. The molecule has 0 spiro atoms. The number of benzene rings is 1. The molecule has 1 heterocycles. The van der Waals surface area contributed by atoms with Crippen LogP contribution in [0, 0.1) is 0 Å². The highest BCUT2D eigenvalue weighted by molar-refractivity contribution is 7.99. The van der Waals surface area contributed by atoms with Crippen LogP contribution in [0.5, 0.6) is 0 Å². The second-order valence-electron chi connectivity index (χ2n) is 4.88. The number of carbonyl (C=O) groups is 1. The summed E-state index contributed by atoms with van der Waals surface area (Å²) >= 11 is 1.24. The molecule has 0 radical (unpaired) electrons. The molecule has 0 aliphatic carbocycles. The lowest BCUT2D eigenvalue weighted by molar-refractivity contribution is -0.161. The van der Waals surface area contributed by atoms with Crippen molar-refractivity contribution in [2.24, 2.45) is 5.11 Å². The molecule has 1 aliphatic rings. The number of azide groups is 1. The van der Waals surface area contributed by atoms with Gasteiger partial charge < -0.3 is 19.7 Å². The van der Waals surface area contributed by atoms with E-state index < -0.39 is 42.4 Å². The molecule has 1 aliphatic heterocycles. The Morgan fingerprint density at radius 3 is 2.74 bits per heavy atom. The van der Waals surface area contributed by atoms with Crippen molar-refractivity contribution >= 4 is 17.7 Å². The summed E-state index contributed by atoms with van der Waals surface area (Å²) in [4.78, 5) is 14.9. The molecule has 0 aromatic heterocycles. The highest BCUT2D eigenvalue weighted by Gasteiger charge is 2.46. The van der Waals surface area contributed by atoms with Gasteiger partial charge in [0.1, 0.15) is 23.7 Å². The topological polar surface area (TPSA) is 125 Å². The summed E-state index contributed by atoms with van der Waals surface area (Å²) in [5, 5.41) is 23.0. The van der Waals surface area contributed by atoms with Crippen molar-refractivity contribution in [2.45, 2.75) is 29.8 Å². The minimum absolute atomic E-state index is 0.339. The predicted octanol–water partition coefficient (Wildman–Crippen LogP) is 1.33. The Labute approximate surface area is 137 Å². The van der Waals surface area contributed by atoms with Gasteiger partial charge in [0.2, 0.25) is 0 Å². The molecule has 23 heavy (non-hydrogen) atoms. The van der Waals surface area contributed by atoms with E-state index in [1.807, 2.05) is 0 Å². The van der Waals surface area contributed by atoms with E-state index in [0.717, 1.165) is 0 Å². The van der Waals surface area contributed by atoms with Crippen LogP contribution in [0.4, 0.5) is 0 Å². The van der Waals surface area contributed by atoms with Gasteiger partial charge in [0.05, 0.1) is 18.3 Å². The van der Waals surface area contributed by atoms with E-state index in [1.54, 1.807) is 36.6 Å². The van der Waals surface area contributed by atoms with E-state index in [9.17, 15) is 15.0 Å². The third kappa shape index (κ3) is 3.95. The van der Waals surface area contributed by atoms with Crippen LogP contribution >= 0.6 is 11.8 Å². The zero-order valence-electron chi connectivity index (χ0n) is 12.3. The first-order valence-corrected chi connectivity index (χ1v) is 8.18. The van der Waals surface area contributed by atoms with Gasteiger partial charge in [-0.1, -0.05) is 23.3 Å². The van der Waals surface area contributed by atoms with Crippen LogP contribution in [0.1, 0.15) is 10.4 Å². The van der Waals surface area contributed by atoms with Gasteiger partial charge in [-0.2, -0.15) is 0 Å². The number of ether oxygens (including phenoxy) is 2. The van der Waals surface area contributed by atoms with Gasteiger partial charge in [-0.05, 0) is 23.9 Å². The number of carbonyl (C=O) groups excluding carboxylic acids is 1. The average molecular weight is 339 g/mol. The Morgan fingerprint density at radius 2 is 2.17 bits per heavy atom. The Morgan fingerprint density at radius 1 is 1.48 bits per heavy atom. The molecular weight excluding hydrogens is 322 g/mol. The van der Waals surface area contributed by atoms with Crippen molar-refractivity contribution in [1.29, 1.82) is 0 Å². The maximum absolute atomic E-state index is 12.2. The van der Waals surface area contributed by atoms with Crippen molar-refractivity contribution in [2.75, 3.05) is 12.9 Å². The van der Waals surface area contributed by atoms with E-state index in [0.29, 0.717) is 5.56 Å². The van der Waals surface area contributed by atoms with E-state index in [1.165, 1.54) is 11.8 Å². The third-order valence-corrected chi connectivity index (χ3v) is 4.34. The normalized spacial score (nSPS) is 30.3. The highest BCUT2D eigenvalue weighted by atomic mass is 32.2. The molecule has 2 N–H and O–H groups in total. The Kier molecular flexibility index (Phi) is 6.26. The molecular formula is C14H17N3O5S. The molecule has 124 valence electrons. The minimum atomic E-state index is -1.27. The zero-order chi connectivity index (χ0) is 16.8. The van der Waals surface area contributed by atoms with E-state index in [4.69, 9.17) is 15.0 Å². The summed E-state index contributed by atoms with van der Waals surface area (Å²) in [6.07, 6.45) is -1.42. The van der Waals surface area contributed by atoms with E-state index >= 15 is 0 Å². The van der Waals surface area contributed by atoms with E-state index in [-0.39, 0.29) is 0 Å². The molecule has 9 heteroatoms. The van der Waals surface area contributed by atoms with Gasteiger partial charge in [0.15, 0.2) is 0 Å². The van der Waals surface area contributed by atoms with Gasteiger partial charge in [0, 0.05) is 4.91 Å². The van der Waals surface area contributed by atoms with Crippen LogP contribution in [-0.4, -0.2) is 58.8 Å². The van der Waals surface area contributed by atoms with Gasteiger partial charge in [0.25, 0.3) is 0 Å². The summed E-state index contributed by atoms with van der Waals surface area (Å²) < 4.78 is 10.9. The molecule has 1 aromatic carbocycles. The number of hydrogen-bond donors (Lipinski definition) is 2. The number of nitrogens with zero attached hydrogens (tertiary/aromatic N) is 3. The fourth-order valence-corrected chi connectivity index (χ4v) is 3.07. The molecule has 0 saturated carbocycles.